The zero-order valence-corrected chi connectivity index (χ0v) is 11.0. The Labute approximate surface area is 109 Å². The molecule has 98 valence electrons. The summed E-state index contributed by atoms with van der Waals surface area (Å²) in [6, 6.07) is 0. The zero-order valence-electron chi connectivity index (χ0n) is 10.2. The van der Waals surface area contributed by atoms with Gasteiger partial charge in [0.05, 0.1) is 6.17 Å². The second kappa shape index (κ2) is 6.50. The minimum Gasteiger partial charge on any atom is -0.337 e. The molecule has 0 radical (unpaired) electrons. The maximum absolute atomic E-state index is 11.6. The minimum atomic E-state index is -0.00639. The van der Waals surface area contributed by atoms with Crippen molar-refractivity contribution in [3.05, 3.63) is 12.2 Å². The molecule has 0 aliphatic carbocycles. The molecule has 2 rings (SSSR count). The Hall–Kier alpha value is -1.41. The summed E-state index contributed by atoms with van der Waals surface area (Å²) in [5.74, 6) is 0.894. The van der Waals surface area contributed by atoms with Gasteiger partial charge >= 0.3 is 0 Å². The summed E-state index contributed by atoms with van der Waals surface area (Å²) in [5, 5.41) is 17.9. The first-order valence-corrected chi connectivity index (χ1v) is 6.79. The fraction of sp³-hybridized carbons (Fsp3) is 0.600. The molecule has 2 N–H and O–H groups in total. The molecule has 1 unspecified atom stereocenters. The van der Waals surface area contributed by atoms with E-state index in [0.717, 1.165) is 23.9 Å². The fourth-order valence-corrected chi connectivity index (χ4v) is 2.34. The molecule has 0 saturated carbocycles. The second-order valence-corrected chi connectivity index (χ2v) is 4.98. The summed E-state index contributed by atoms with van der Waals surface area (Å²) in [4.78, 5) is 11.6. The van der Waals surface area contributed by atoms with Gasteiger partial charge in [-0.1, -0.05) is 23.9 Å². The van der Waals surface area contributed by atoms with Crippen LogP contribution in [0.5, 0.6) is 0 Å². The maximum atomic E-state index is 11.6. The van der Waals surface area contributed by atoms with Gasteiger partial charge in [0.25, 0.3) is 0 Å². The molecule has 18 heavy (non-hydrogen) atoms. The number of amides is 1. The molecule has 0 bridgehead atoms. The molecule has 1 aromatic heterocycles. The number of nitrogens with zero attached hydrogens (tertiary/aromatic N) is 4. The Morgan fingerprint density at radius 3 is 3.28 bits per heavy atom. The molecule has 1 aromatic rings. The van der Waals surface area contributed by atoms with Gasteiger partial charge in [0.15, 0.2) is 0 Å². The van der Waals surface area contributed by atoms with Crippen LogP contribution in [0.1, 0.15) is 12.8 Å². The monoisotopic (exact) mass is 268 g/mol. The van der Waals surface area contributed by atoms with Gasteiger partial charge in [0.2, 0.25) is 11.1 Å². The Balaban J connectivity index is 1.59. The van der Waals surface area contributed by atoms with Crippen molar-refractivity contribution in [2.45, 2.75) is 24.2 Å². The lowest BCUT2D eigenvalue weighted by molar-refractivity contribution is -0.121. The van der Waals surface area contributed by atoms with Crippen LogP contribution >= 0.6 is 11.8 Å². The van der Waals surface area contributed by atoms with Crippen LogP contribution in [0.2, 0.25) is 0 Å². The summed E-state index contributed by atoms with van der Waals surface area (Å²) >= 11 is 1.56. The zero-order chi connectivity index (χ0) is 12.8. The highest BCUT2D eigenvalue weighted by atomic mass is 32.2. The largest absolute Gasteiger partial charge is 0.337 e. The standard InChI is InChI=1S/C10H16N6OS/c1-16-10(13-14-15-16)18-7-3-5-9(17)12-8-4-2-6-11-8/h2,4,8,11H,3,5-7H2,1H3,(H,12,17). The lowest BCUT2D eigenvalue weighted by Gasteiger charge is -2.11. The lowest BCUT2D eigenvalue weighted by atomic mass is 10.3. The Bertz CT molecular complexity index is 432. The molecular formula is C10H16N6OS. The van der Waals surface area contributed by atoms with Gasteiger partial charge < -0.3 is 5.32 Å². The average molecular weight is 268 g/mol. The Morgan fingerprint density at radius 2 is 2.61 bits per heavy atom. The molecule has 0 spiro atoms. The van der Waals surface area contributed by atoms with Gasteiger partial charge in [-0.3, -0.25) is 10.1 Å². The van der Waals surface area contributed by atoms with Crippen molar-refractivity contribution in [2.75, 3.05) is 12.3 Å². The van der Waals surface area contributed by atoms with Crippen LogP contribution in [0.4, 0.5) is 0 Å². The van der Waals surface area contributed by atoms with Crippen LogP contribution in [-0.4, -0.2) is 44.6 Å². The molecular weight excluding hydrogens is 252 g/mol. The highest BCUT2D eigenvalue weighted by Gasteiger charge is 2.11. The van der Waals surface area contributed by atoms with E-state index in [1.165, 1.54) is 0 Å². The van der Waals surface area contributed by atoms with Crippen LogP contribution in [0, 0.1) is 0 Å². The number of hydrogen-bond acceptors (Lipinski definition) is 6. The first-order chi connectivity index (χ1) is 8.75. The third kappa shape index (κ3) is 3.81. The topological polar surface area (TPSA) is 84.7 Å². The summed E-state index contributed by atoms with van der Waals surface area (Å²) < 4.78 is 1.62. The van der Waals surface area contributed by atoms with Crippen LogP contribution in [0.3, 0.4) is 0 Å². The van der Waals surface area contributed by atoms with E-state index in [2.05, 4.69) is 26.2 Å². The number of carbonyl (C=O) groups is 1. The van der Waals surface area contributed by atoms with Gasteiger partial charge in [0.1, 0.15) is 0 Å². The minimum absolute atomic E-state index is 0.00639. The number of thioether (sulfide) groups is 1. The molecule has 2 heterocycles. The fourth-order valence-electron chi connectivity index (χ4n) is 1.55. The van der Waals surface area contributed by atoms with E-state index in [4.69, 9.17) is 0 Å². The molecule has 1 atom stereocenters. The number of tetrazole rings is 1. The molecule has 0 fully saturated rings. The number of nitrogens with one attached hydrogen (secondary N) is 2. The van der Waals surface area contributed by atoms with E-state index in [9.17, 15) is 4.79 Å². The Kier molecular flexibility index (Phi) is 4.71. The molecule has 1 amide bonds. The van der Waals surface area contributed by atoms with Crippen LogP contribution in [0.15, 0.2) is 17.3 Å². The summed E-state index contributed by atoms with van der Waals surface area (Å²) in [6.45, 7) is 0.819. The second-order valence-electron chi connectivity index (χ2n) is 3.92. The number of carbonyl (C=O) groups excluding carboxylic acids is 1. The molecule has 0 saturated heterocycles. The predicted octanol–water partition coefficient (Wildman–Crippen LogP) is -0.316. The van der Waals surface area contributed by atoms with Gasteiger partial charge in [0, 0.05) is 25.8 Å². The molecule has 1 aliphatic rings. The van der Waals surface area contributed by atoms with E-state index in [1.54, 1.807) is 23.5 Å². The molecule has 0 aromatic carbocycles. The first-order valence-electron chi connectivity index (χ1n) is 5.80. The smallest absolute Gasteiger partial charge is 0.221 e. The van der Waals surface area contributed by atoms with Gasteiger partial charge in [-0.2, -0.15) is 0 Å². The van der Waals surface area contributed by atoms with Crippen molar-refractivity contribution >= 4 is 17.7 Å². The van der Waals surface area contributed by atoms with Crippen molar-refractivity contribution in [3.63, 3.8) is 0 Å². The van der Waals surface area contributed by atoms with Gasteiger partial charge in [-0.15, -0.1) is 5.10 Å². The molecule has 8 heteroatoms. The van der Waals surface area contributed by atoms with Gasteiger partial charge in [-0.05, 0) is 16.8 Å². The number of hydrogen-bond donors (Lipinski definition) is 2. The molecule has 7 nitrogen and oxygen atoms in total. The van der Waals surface area contributed by atoms with Crippen molar-refractivity contribution in [1.82, 2.24) is 30.8 Å². The third-order valence-electron chi connectivity index (χ3n) is 2.46. The van der Waals surface area contributed by atoms with E-state index in [-0.39, 0.29) is 12.1 Å². The summed E-state index contributed by atoms with van der Waals surface area (Å²) in [6.07, 6.45) is 5.28. The quantitative estimate of drug-likeness (QED) is 0.418. The van der Waals surface area contributed by atoms with E-state index < -0.39 is 0 Å². The van der Waals surface area contributed by atoms with Crippen LogP contribution < -0.4 is 10.6 Å². The van der Waals surface area contributed by atoms with E-state index in [0.29, 0.717) is 6.42 Å². The van der Waals surface area contributed by atoms with Crippen LogP contribution in [0.25, 0.3) is 0 Å². The highest BCUT2D eigenvalue weighted by molar-refractivity contribution is 7.99. The van der Waals surface area contributed by atoms with E-state index >= 15 is 0 Å². The Morgan fingerprint density at radius 1 is 1.72 bits per heavy atom. The SMILES string of the molecule is Cn1nnnc1SCCCC(=O)NC1C=CCN1. The first kappa shape index (κ1) is 13.0. The third-order valence-corrected chi connectivity index (χ3v) is 3.56. The normalized spacial score (nSPS) is 18.2. The lowest BCUT2D eigenvalue weighted by Crippen LogP contribution is -2.41. The number of aryl methyl sites for hydroxylation is 1. The predicted molar refractivity (Wildman–Crippen MR) is 67.8 cm³/mol. The van der Waals surface area contributed by atoms with Gasteiger partial charge in [-0.25, -0.2) is 4.68 Å². The maximum Gasteiger partial charge on any atom is 0.221 e. The number of aromatic nitrogens is 4. The van der Waals surface area contributed by atoms with Crippen molar-refractivity contribution in [3.8, 4) is 0 Å². The van der Waals surface area contributed by atoms with Crippen molar-refractivity contribution < 1.29 is 4.79 Å². The number of rotatable bonds is 6. The van der Waals surface area contributed by atoms with Crippen molar-refractivity contribution in [2.24, 2.45) is 7.05 Å². The summed E-state index contributed by atoms with van der Waals surface area (Å²) in [5.41, 5.74) is 0. The molecule has 1 aliphatic heterocycles. The summed E-state index contributed by atoms with van der Waals surface area (Å²) in [7, 11) is 1.80. The highest BCUT2D eigenvalue weighted by Crippen LogP contribution is 2.14. The van der Waals surface area contributed by atoms with E-state index in [1.807, 2.05) is 12.2 Å². The van der Waals surface area contributed by atoms with Crippen LogP contribution in [-0.2, 0) is 11.8 Å². The average Bonchev–Trinajstić information content (AvgIpc) is 2.97. The van der Waals surface area contributed by atoms with Crippen molar-refractivity contribution in [1.29, 1.82) is 0 Å².